The first kappa shape index (κ1) is 14.7. The minimum Gasteiger partial charge on any atom is -0.318 e. The van der Waals surface area contributed by atoms with E-state index in [1.165, 1.54) is 0 Å². The summed E-state index contributed by atoms with van der Waals surface area (Å²) >= 11 is 3.40. The Labute approximate surface area is 126 Å². The molecule has 0 aliphatic heterocycles. The second-order valence-corrected chi connectivity index (χ2v) is 6.10. The number of halogens is 1. The minimum atomic E-state index is -0.936. The molecule has 20 heavy (non-hydrogen) atoms. The first-order valence-corrected chi connectivity index (χ1v) is 7.01. The molecule has 1 aromatic heterocycles. The van der Waals surface area contributed by atoms with Crippen LogP contribution < -0.4 is 11.1 Å². The summed E-state index contributed by atoms with van der Waals surface area (Å²) in [4.78, 5) is 16.0. The third-order valence-corrected chi connectivity index (χ3v) is 3.32. The highest BCUT2D eigenvalue weighted by molar-refractivity contribution is 9.10. The summed E-state index contributed by atoms with van der Waals surface area (Å²) in [7, 11) is 0. The number of aromatic nitrogens is 2. The summed E-state index contributed by atoms with van der Waals surface area (Å²) in [6, 6.07) is 7.99. The van der Waals surface area contributed by atoms with Gasteiger partial charge in [0.2, 0.25) is 11.9 Å². The number of hydrogen-bond donors (Lipinski definition) is 2. The fourth-order valence-electron chi connectivity index (χ4n) is 1.61. The van der Waals surface area contributed by atoms with Crippen molar-refractivity contribution >= 4 is 27.8 Å². The van der Waals surface area contributed by atoms with Crippen molar-refractivity contribution in [2.75, 3.05) is 5.32 Å². The second kappa shape index (κ2) is 5.76. The van der Waals surface area contributed by atoms with Crippen molar-refractivity contribution < 1.29 is 4.79 Å². The topological polar surface area (TPSA) is 72.9 Å². The standard InChI is InChI=1S/C14H17BrN4O/c1-14(2,16)12(20)18-13-17-7-8-19(13)9-10-3-5-11(15)6-4-10/h3-8H,9,16H2,1-2H3,(H,17,18,20). The summed E-state index contributed by atoms with van der Waals surface area (Å²) in [5, 5.41) is 2.74. The molecule has 0 saturated carbocycles. The van der Waals surface area contributed by atoms with Crippen LogP contribution in [0.3, 0.4) is 0 Å². The van der Waals surface area contributed by atoms with Gasteiger partial charge in [0.05, 0.1) is 12.1 Å². The largest absolute Gasteiger partial charge is 0.318 e. The van der Waals surface area contributed by atoms with Gasteiger partial charge in [-0.3, -0.25) is 10.1 Å². The number of benzene rings is 1. The van der Waals surface area contributed by atoms with Crippen molar-refractivity contribution in [3.8, 4) is 0 Å². The van der Waals surface area contributed by atoms with E-state index in [4.69, 9.17) is 5.73 Å². The molecular formula is C14H17BrN4O. The minimum absolute atomic E-state index is 0.263. The van der Waals surface area contributed by atoms with Gasteiger partial charge >= 0.3 is 0 Å². The molecule has 5 nitrogen and oxygen atoms in total. The van der Waals surface area contributed by atoms with Gasteiger partial charge in [0.15, 0.2) is 0 Å². The molecule has 0 aliphatic rings. The van der Waals surface area contributed by atoms with Gasteiger partial charge in [0, 0.05) is 16.9 Å². The molecule has 1 aromatic carbocycles. The number of anilines is 1. The van der Waals surface area contributed by atoms with Crippen molar-refractivity contribution in [3.63, 3.8) is 0 Å². The highest BCUT2D eigenvalue weighted by atomic mass is 79.9. The van der Waals surface area contributed by atoms with E-state index in [9.17, 15) is 4.79 Å². The van der Waals surface area contributed by atoms with Crippen LogP contribution in [0.2, 0.25) is 0 Å². The summed E-state index contributed by atoms with van der Waals surface area (Å²) in [6.07, 6.45) is 3.47. The summed E-state index contributed by atoms with van der Waals surface area (Å²) < 4.78 is 2.90. The smallest absolute Gasteiger partial charge is 0.246 e. The second-order valence-electron chi connectivity index (χ2n) is 5.18. The molecule has 0 bridgehead atoms. The molecule has 0 saturated heterocycles. The molecule has 0 unspecified atom stereocenters. The van der Waals surface area contributed by atoms with Crippen LogP contribution in [-0.2, 0) is 11.3 Å². The average molecular weight is 337 g/mol. The normalized spacial score (nSPS) is 11.4. The summed E-state index contributed by atoms with van der Waals surface area (Å²) in [5.74, 6) is 0.234. The van der Waals surface area contributed by atoms with Crippen LogP contribution in [0.15, 0.2) is 41.1 Å². The molecule has 2 aromatic rings. The highest BCUT2D eigenvalue weighted by Gasteiger charge is 2.23. The van der Waals surface area contributed by atoms with Crippen LogP contribution in [0.1, 0.15) is 19.4 Å². The van der Waals surface area contributed by atoms with Crippen molar-refractivity contribution in [1.29, 1.82) is 0 Å². The third kappa shape index (κ3) is 3.68. The predicted molar refractivity (Wildman–Crippen MR) is 82.4 cm³/mol. The van der Waals surface area contributed by atoms with E-state index in [2.05, 4.69) is 26.2 Å². The lowest BCUT2D eigenvalue weighted by molar-refractivity contribution is -0.120. The quantitative estimate of drug-likeness (QED) is 0.900. The Morgan fingerprint density at radius 3 is 2.65 bits per heavy atom. The maximum atomic E-state index is 11.9. The number of carbonyl (C=O) groups excluding carboxylic acids is 1. The molecule has 2 rings (SSSR count). The number of nitrogens with one attached hydrogen (secondary N) is 1. The van der Waals surface area contributed by atoms with Gasteiger partial charge in [-0.1, -0.05) is 28.1 Å². The molecule has 0 aliphatic carbocycles. The number of amides is 1. The van der Waals surface area contributed by atoms with Crippen molar-refractivity contribution in [2.45, 2.75) is 25.9 Å². The Hall–Kier alpha value is -1.66. The maximum Gasteiger partial charge on any atom is 0.246 e. The summed E-state index contributed by atoms with van der Waals surface area (Å²) in [5.41, 5.74) is 5.94. The van der Waals surface area contributed by atoms with E-state index < -0.39 is 5.54 Å². The van der Waals surface area contributed by atoms with E-state index in [1.54, 1.807) is 20.0 Å². The van der Waals surface area contributed by atoms with Gasteiger partial charge in [0.25, 0.3) is 0 Å². The molecule has 0 spiro atoms. The molecule has 1 amide bonds. The van der Waals surface area contributed by atoms with Crippen LogP contribution in [0.25, 0.3) is 0 Å². The van der Waals surface area contributed by atoms with Crippen LogP contribution >= 0.6 is 15.9 Å². The van der Waals surface area contributed by atoms with Crippen molar-refractivity contribution in [2.24, 2.45) is 5.73 Å². The SMILES string of the molecule is CC(C)(N)C(=O)Nc1nccn1Cc1ccc(Br)cc1. The number of nitrogens with two attached hydrogens (primary N) is 1. The maximum absolute atomic E-state index is 11.9. The monoisotopic (exact) mass is 336 g/mol. The Balaban J connectivity index is 2.13. The number of rotatable bonds is 4. The van der Waals surface area contributed by atoms with Crippen LogP contribution in [0, 0.1) is 0 Å². The molecule has 0 radical (unpaired) electrons. The van der Waals surface area contributed by atoms with E-state index >= 15 is 0 Å². The molecular weight excluding hydrogens is 320 g/mol. The van der Waals surface area contributed by atoms with Gasteiger partial charge in [-0.05, 0) is 31.5 Å². The molecule has 3 N–H and O–H groups in total. The van der Waals surface area contributed by atoms with Gasteiger partial charge < -0.3 is 10.3 Å². The van der Waals surface area contributed by atoms with E-state index in [0.29, 0.717) is 12.5 Å². The Kier molecular flexibility index (Phi) is 4.25. The van der Waals surface area contributed by atoms with Crippen LogP contribution in [-0.4, -0.2) is 21.0 Å². The molecule has 0 fully saturated rings. The Morgan fingerprint density at radius 1 is 1.40 bits per heavy atom. The van der Waals surface area contributed by atoms with Crippen molar-refractivity contribution in [1.82, 2.24) is 9.55 Å². The van der Waals surface area contributed by atoms with Gasteiger partial charge in [-0.2, -0.15) is 0 Å². The first-order chi connectivity index (χ1) is 9.36. The van der Waals surface area contributed by atoms with E-state index in [1.807, 2.05) is 35.0 Å². The zero-order valence-corrected chi connectivity index (χ0v) is 13.0. The van der Waals surface area contributed by atoms with Gasteiger partial charge in [-0.15, -0.1) is 0 Å². The third-order valence-electron chi connectivity index (χ3n) is 2.79. The van der Waals surface area contributed by atoms with Crippen LogP contribution in [0.5, 0.6) is 0 Å². The van der Waals surface area contributed by atoms with E-state index in [-0.39, 0.29) is 5.91 Å². The lowest BCUT2D eigenvalue weighted by Crippen LogP contribution is -2.45. The first-order valence-electron chi connectivity index (χ1n) is 6.22. The number of imidazole rings is 1. The molecule has 1 heterocycles. The van der Waals surface area contributed by atoms with Crippen molar-refractivity contribution in [3.05, 3.63) is 46.7 Å². The summed E-state index contributed by atoms with van der Waals surface area (Å²) in [6.45, 7) is 3.95. The predicted octanol–water partition coefficient (Wildman–Crippen LogP) is 2.37. The Morgan fingerprint density at radius 2 is 2.05 bits per heavy atom. The van der Waals surface area contributed by atoms with E-state index in [0.717, 1.165) is 10.0 Å². The lowest BCUT2D eigenvalue weighted by atomic mass is 10.1. The zero-order chi connectivity index (χ0) is 14.8. The molecule has 0 atom stereocenters. The lowest BCUT2D eigenvalue weighted by Gasteiger charge is -2.18. The molecule has 106 valence electrons. The van der Waals surface area contributed by atoms with Gasteiger partial charge in [0.1, 0.15) is 0 Å². The fourth-order valence-corrected chi connectivity index (χ4v) is 1.87. The number of carbonyl (C=O) groups is 1. The number of hydrogen-bond acceptors (Lipinski definition) is 3. The zero-order valence-electron chi connectivity index (χ0n) is 11.4. The average Bonchev–Trinajstić information content (AvgIpc) is 2.78. The van der Waals surface area contributed by atoms with Crippen LogP contribution in [0.4, 0.5) is 5.95 Å². The number of nitrogens with zero attached hydrogens (tertiary/aromatic N) is 2. The molecule has 6 heteroatoms. The fraction of sp³-hybridized carbons (Fsp3) is 0.286. The highest BCUT2D eigenvalue weighted by Crippen LogP contribution is 2.14. The Bertz CT molecular complexity index is 598. The van der Waals surface area contributed by atoms with Gasteiger partial charge in [-0.25, -0.2) is 4.98 Å².